The van der Waals surface area contributed by atoms with Crippen LogP contribution < -0.4 is 4.74 Å². The van der Waals surface area contributed by atoms with Crippen molar-refractivity contribution in [2.75, 3.05) is 27.0 Å². The van der Waals surface area contributed by atoms with E-state index < -0.39 is 0 Å². The zero-order valence-corrected chi connectivity index (χ0v) is 29.5. The largest absolute Gasteiger partial charge is 0.508 e. The molecule has 39 heavy (non-hydrogen) atoms. The Morgan fingerprint density at radius 3 is 1.54 bits per heavy atom. The van der Waals surface area contributed by atoms with Gasteiger partial charge in [0.05, 0.1) is 20.3 Å². The van der Waals surface area contributed by atoms with Crippen LogP contribution in [0.15, 0.2) is 36.4 Å². The van der Waals surface area contributed by atoms with Gasteiger partial charge < -0.3 is 18.9 Å². The lowest BCUT2D eigenvalue weighted by Crippen LogP contribution is -2.17. The van der Waals surface area contributed by atoms with Crippen LogP contribution in [0.4, 0.5) is 0 Å². The maximum absolute atomic E-state index is 9.84. The first-order valence-corrected chi connectivity index (χ1v) is 15.7. The van der Waals surface area contributed by atoms with Crippen molar-refractivity contribution in [1.82, 2.24) is 0 Å². The Balaban J connectivity index is 0.000000588. The van der Waals surface area contributed by atoms with Crippen molar-refractivity contribution in [2.24, 2.45) is 0 Å². The molecule has 4 nitrogen and oxygen atoms in total. The van der Waals surface area contributed by atoms with E-state index in [-0.39, 0.29) is 21.7 Å². The summed E-state index contributed by atoms with van der Waals surface area (Å²) in [7, 11) is 4.56. The van der Waals surface area contributed by atoms with Gasteiger partial charge in [0.1, 0.15) is 11.5 Å². The monoisotopic (exact) mass is 580 g/mol. The third-order valence-corrected chi connectivity index (χ3v) is 6.93. The average Bonchev–Trinajstić information content (AvgIpc) is 2.80. The summed E-state index contributed by atoms with van der Waals surface area (Å²) in [6, 6.07) is 12.5. The molecule has 2 aromatic carbocycles. The van der Waals surface area contributed by atoms with E-state index in [0.717, 1.165) is 30.9 Å². The molecule has 6 heteroatoms. The highest BCUT2D eigenvalue weighted by molar-refractivity contribution is 7.31. The van der Waals surface area contributed by atoms with E-state index in [1.165, 1.54) is 16.7 Å². The van der Waals surface area contributed by atoms with Gasteiger partial charge in [-0.1, -0.05) is 107 Å². The van der Waals surface area contributed by atoms with E-state index in [9.17, 15) is 5.11 Å². The maximum Gasteiger partial charge on any atom is 0.122 e. The molecule has 0 saturated carbocycles. The molecule has 0 fully saturated rings. The van der Waals surface area contributed by atoms with Crippen molar-refractivity contribution in [3.8, 4) is 11.5 Å². The molecule has 2 atom stereocenters. The Morgan fingerprint density at radius 1 is 0.692 bits per heavy atom. The quantitative estimate of drug-likeness (QED) is 0.273. The average molecular weight is 581 g/mol. The van der Waals surface area contributed by atoms with Gasteiger partial charge in [-0.3, -0.25) is 0 Å². The number of benzene rings is 2. The second-order valence-electron chi connectivity index (χ2n) is 13.9. The summed E-state index contributed by atoms with van der Waals surface area (Å²) in [6.07, 6.45) is 0.990. The molecule has 0 spiro atoms. The number of rotatable bonds is 6. The van der Waals surface area contributed by atoms with E-state index in [4.69, 9.17) is 13.8 Å². The Hall–Kier alpha value is -1.18. The van der Waals surface area contributed by atoms with Crippen molar-refractivity contribution in [3.63, 3.8) is 0 Å². The highest BCUT2D eigenvalue weighted by Gasteiger charge is 2.23. The lowest BCUT2D eigenvalue weighted by Gasteiger charge is -2.26. The molecule has 2 rings (SSSR count). The van der Waals surface area contributed by atoms with Gasteiger partial charge in [0.25, 0.3) is 0 Å². The van der Waals surface area contributed by atoms with E-state index in [0.29, 0.717) is 14.6 Å². The van der Waals surface area contributed by atoms with Crippen LogP contribution in [-0.2, 0) is 30.7 Å². The third-order valence-electron chi connectivity index (χ3n) is 6.20. The fraction of sp³-hybridized carbons (Fsp3) is 0.636. The van der Waals surface area contributed by atoms with Crippen LogP contribution >= 0.6 is 18.3 Å². The van der Waals surface area contributed by atoms with Gasteiger partial charge in [-0.25, -0.2) is 0 Å². The molecule has 0 heterocycles. The van der Waals surface area contributed by atoms with Gasteiger partial charge in [-0.15, -0.1) is 0 Å². The standard InChI is InChI=1S/C15H24O.C14H22O.C4H12O2P2/c1-14(2,3)11-8-9-13(16-7)12(10-11)15(4,5)6;1-13(2,3)10-7-8-12(15)11(9-10)14(4,5)6;1-8-6-4-2-3-5-7/h8-10H,1-7H3;7-9,15H,1-6H3;8H,2-4,7H2,1H3. The molecular formula is C33H58O4P2. The van der Waals surface area contributed by atoms with E-state index in [1.807, 2.05) is 12.7 Å². The molecule has 0 aliphatic carbocycles. The van der Waals surface area contributed by atoms with Crippen LogP contribution in [-0.4, -0.2) is 32.1 Å². The van der Waals surface area contributed by atoms with Crippen LogP contribution in [0.25, 0.3) is 0 Å². The summed E-state index contributed by atoms with van der Waals surface area (Å²) in [4.78, 5) is 0. The van der Waals surface area contributed by atoms with E-state index >= 15 is 0 Å². The molecular weight excluding hydrogens is 522 g/mol. The summed E-state index contributed by atoms with van der Waals surface area (Å²) in [6.45, 7) is 29.9. The topological polar surface area (TPSA) is 47.9 Å². The zero-order valence-electron chi connectivity index (χ0n) is 27.3. The minimum atomic E-state index is -0.00859. The van der Waals surface area contributed by atoms with Crippen molar-refractivity contribution < 1.29 is 18.9 Å². The van der Waals surface area contributed by atoms with Crippen LogP contribution in [0.1, 0.15) is 112 Å². The molecule has 1 N–H and O–H groups in total. The van der Waals surface area contributed by atoms with Gasteiger partial charge in [0, 0.05) is 18.3 Å². The Morgan fingerprint density at radius 2 is 1.15 bits per heavy atom. The predicted molar refractivity (Wildman–Crippen MR) is 176 cm³/mol. The molecule has 0 radical (unpaired) electrons. The summed E-state index contributed by atoms with van der Waals surface area (Å²) >= 11 is 0. The number of phenolic OH excluding ortho intramolecular Hbond substituents is 1. The van der Waals surface area contributed by atoms with Crippen LogP contribution in [0.5, 0.6) is 11.5 Å². The summed E-state index contributed by atoms with van der Waals surface area (Å²) < 4.78 is 15.2. The van der Waals surface area contributed by atoms with E-state index in [2.05, 4.69) is 117 Å². The summed E-state index contributed by atoms with van der Waals surface area (Å²) in [5, 5.41) is 9.84. The predicted octanol–water partition coefficient (Wildman–Crippen LogP) is 9.70. The number of ether oxygens (including phenoxy) is 1. The highest BCUT2D eigenvalue weighted by Crippen LogP contribution is 2.36. The van der Waals surface area contributed by atoms with Crippen molar-refractivity contribution in [3.05, 3.63) is 58.7 Å². The van der Waals surface area contributed by atoms with Gasteiger partial charge in [0.15, 0.2) is 0 Å². The SMILES string of the molecule is CC(C)(C)c1ccc(O)c(C(C)(C)C)c1.COc1ccc(C(C)(C)C)cc1C(C)(C)C.CPOCCCOP. The van der Waals surface area contributed by atoms with Gasteiger partial charge >= 0.3 is 0 Å². The fourth-order valence-electron chi connectivity index (χ4n) is 3.68. The highest BCUT2D eigenvalue weighted by atomic mass is 31.1. The minimum absolute atomic E-state index is 0.00859. The number of hydrogen-bond acceptors (Lipinski definition) is 4. The summed E-state index contributed by atoms with van der Waals surface area (Å²) in [5.41, 5.74) is 5.36. The first kappa shape index (κ1) is 37.8. The number of aromatic hydroxyl groups is 1. The summed E-state index contributed by atoms with van der Waals surface area (Å²) in [5.74, 6) is 1.39. The molecule has 0 amide bonds. The molecule has 0 saturated heterocycles. The van der Waals surface area contributed by atoms with E-state index in [1.54, 1.807) is 13.2 Å². The molecule has 2 unspecified atom stereocenters. The molecule has 0 aliphatic rings. The maximum atomic E-state index is 9.84. The number of hydrogen-bond donors (Lipinski definition) is 1. The smallest absolute Gasteiger partial charge is 0.122 e. The molecule has 0 aliphatic heterocycles. The Kier molecular flexibility index (Phi) is 15.8. The Bertz CT molecular complexity index is 969. The van der Waals surface area contributed by atoms with Crippen LogP contribution in [0, 0.1) is 0 Å². The normalized spacial score (nSPS) is 12.5. The third kappa shape index (κ3) is 14.3. The second-order valence-corrected chi connectivity index (χ2v) is 15.0. The first-order valence-electron chi connectivity index (χ1n) is 13.8. The van der Waals surface area contributed by atoms with Crippen molar-refractivity contribution in [2.45, 2.75) is 111 Å². The van der Waals surface area contributed by atoms with Crippen LogP contribution in [0.3, 0.4) is 0 Å². The van der Waals surface area contributed by atoms with Crippen LogP contribution in [0.2, 0.25) is 0 Å². The molecule has 0 bridgehead atoms. The number of phenols is 1. The second kappa shape index (κ2) is 16.3. The molecule has 0 aromatic heterocycles. The first-order chi connectivity index (χ1) is 17.7. The lowest BCUT2D eigenvalue weighted by molar-refractivity contribution is 0.289. The van der Waals surface area contributed by atoms with Crippen molar-refractivity contribution >= 4 is 18.3 Å². The Labute approximate surface area is 245 Å². The van der Waals surface area contributed by atoms with Gasteiger partial charge in [-0.2, -0.15) is 0 Å². The fourth-order valence-corrected chi connectivity index (χ4v) is 4.20. The van der Waals surface area contributed by atoms with Crippen molar-refractivity contribution in [1.29, 1.82) is 0 Å². The van der Waals surface area contributed by atoms with Gasteiger partial charge in [0.2, 0.25) is 0 Å². The number of methoxy groups -OCH3 is 1. The zero-order chi connectivity index (χ0) is 30.7. The lowest BCUT2D eigenvalue weighted by atomic mass is 9.80. The van der Waals surface area contributed by atoms with Gasteiger partial charge in [-0.05, 0) is 69.1 Å². The molecule has 224 valence electrons. The minimum Gasteiger partial charge on any atom is -0.508 e. The molecule has 2 aromatic rings.